The van der Waals surface area contributed by atoms with E-state index >= 15 is 0 Å². The molecule has 0 atom stereocenters. The van der Waals surface area contributed by atoms with E-state index in [9.17, 15) is 0 Å². The summed E-state index contributed by atoms with van der Waals surface area (Å²) < 4.78 is 10.9. The molecule has 2 N–H and O–H groups in total. The van der Waals surface area contributed by atoms with Gasteiger partial charge in [-0.2, -0.15) is 0 Å². The Labute approximate surface area is 107 Å². The van der Waals surface area contributed by atoms with Gasteiger partial charge in [-0.15, -0.1) is 0 Å². The predicted molar refractivity (Wildman–Crippen MR) is 72.9 cm³/mol. The Morgan fingerprint density at radius 2 is 1.78 bits per heavy atom. The third kappa shape index (κ3) is 2.94. The Morgan fingerprint density at radius 3 is 2.39 bits per heavy atom. The van der Waals surface area contributed by atoms with Crippen LogP contribution in [0.15, 0.2) is 42.5 Å². The number of aryl methyl sites for hydroxylation is 1. The van der Waals surface area contributed by atoms with E-state index < -0.39 is 0 Å². The third-order valence-corrected chi connectivity index (χ3v) is 2.75. The van der Waals surface area contributed by atoms with E-state index in [1.54, 1.807) is 7.11 Å². The Morgan fingerprint density at radius 1 is 1.06 bits per heavy atom. The highest BCUT2D eigenvalue weighted by Gasteiger charge is 2.01. The van der Waals surface area contributed by atoms with E-state index in [4.69, 9.17) is 15.2 Å². The molecular weight excluding hydrogens is 226 g/mol. The van der Waals surface area contributed by atoms with Gasteiger partial charge in [-0.05, 0) is 48.4 Å². The monoisotopic (exact) mass is 243 g/mol. The highest BCUT2D eigenvalue weighted by atomic mass is 16.5. The molecule has 2 aromatic carbocycles. The van der Waals surface area contributed by atoms with Gasteiger partial charge in [-0.25, -0.2) is 0 Å². The fourth-order valence-electron chi connectivity index (χ4n) is 1.72. The molecule has 0 aliphatic carbocycles. The number of nitrogen functional groups attached to an aromatic ring is 1. The van der Waals surface area contributed by atoms with Gasteiger partial charge in [-0.3, -0.25) is 0 Å². The summed E-state index contributed by atoms with van der Waals surface area (Å²) in [5.41, 5.74) is 8.60. The first kappa shape index (κ1) is 12.3. The molecule has 0 unspecified atom stereocenters. The molecule has 0 aromatic heterocycles. The van der Waals surface area contributed by atoms with Gasteiger partial charge in [0.25, 0.3) is 0 Å². The molecule has 18 heavy (non-hydrogen) atoms. The van der Waals surface area contributed by atoms with Gasteiger partial charge in [0.15, 0.2) is 0 Å². The highest BCUT2D eigenvalue weighted by molar-refractivity contribution is 5.47. The van der Waals surface area contributed by atoms with Gasteiger partial charge in [0.1, 0.15) is 18.1 Å². The molecule has 0 heterocycles. The second kappa shape index (κ2) is 5.45. The van der Waals surface area contributed by atoms with Crippen molar-refractivity contribution in [2.75, 3.05) is 12.8 Å². The number of methoxy groups -OCH3 is 1. The maximum Gasteiger partial charge on any atom is 0.122 e. The zero-order chi connectivity index (χ0) is 13.0. The van der Waals surface area contributed by atoms with Crippen molar-refractivity contribution in [1.29, 1.82) is 0 Å². The standard InChI is InChI=1S/C15H17NO2/c1-11-9-13(16)5-8-15(11)18-10-12-3-6-14(17-2)7-4-12/h3-9H,10,16H2,1-2H3. The third-order valence-electron chi connectivity index (χ3n) is 2.75. The van der Waals surface area contributed by atoms with Crippen molar-refractivity contribution in [3.05, 3.63) is 53.6 Å². The van der Waals surface area contributed by atoms with E-state index in [0.29, 0.717) is 6.61 Å². The minimum absolute atomic E-state index is 0.536. The molecule has 0 saturated carbocycles. The van der Waals surface area contributed by atoms with E-state index in [1.165, 1.54) is 0 Å². The number of nitrogens with two attached hydrogens (primary N) is 1. The summed E-state index contributed by atoms with van der Waals surface area (Å²) in [6.45, 7) is 2.52. The molecule has 0 bridgehead atoms. The van der Waals surface area contributed by atoms with E-state index in [-0.39, 0.29) is 0 Å². The molecule has 0 spiro atoms. The van der Waals surface area contributed by atoms with Crippen molar-refractivity contribution in [2.24, 2.45) is 0 Å². The Balaban J connectivity index is 2.02. The molecule has 0 aliphatic heterocycles. The Kier molecular flexibility index (Phi) is 3.72. The van der Waals surface area contributed by atoms with Crippen molar-refractivity contribution in [2.45, 2.75) is 13.5 Å². The summed E-state index contributed by atoms with van der Waals surface area (Å²) >= 11 is 0. The summed E-state index contributed by atoms with van der Waals surface area (Å²) in [5, 5.41) is 0. The highest BCUT2D eigenvalue weighted by Crippen LogP contribution is 2.21. The van der Waals surface area contributed by atoms with Crippen LogP contribution in [-0.2, 0) is 6.61 Å². The molecule has 2 rings (SSSR count). The van der Waals surface area contributed by atoms with E-state index in [2.05, 4.69) is 0 Å². The lowest BCUT2D eigenvalue weighted by molar-refractivity contribution is 0.304. The van der Waals surface area contributed by atoms with Gasteiger partial charge < -0.3 is 15.2 Å². The molecule has 0 amide bonds. The van der Waals surface area contributed by atoms with Crippen LogP contribution in [-0.4, -0.2) is 7.11 Å². The number of hydrogen-bond donors (Lipinski definition) is 1. The molecule has 0 saturated heterocycles. The number of ether oxygens (including phenoxy) is 2. The molecule has 3 heteroatoms. The second-order valence-corrected chi connectivity index (χ2v) is 4.16. The number of benzene rings is 2. The molecule has 0 radical (unpaired) electrons. The minimum Gasteiger partial charge on any atom is -0.497 e. The van der Waals surface area contributed by atoms with Gasteiger partial charge in [0.05, 0.1) is 7.11 Å². The summed E-state index contributed by atoms with van der Waals surface area (Å²) in [5.74, 6) is 1.71. The Bertz CT molecular complexity index is 521. The van der Waals surface area contributed by atoms with Crippen molar-refractivity contribution in [3.8, 4) is 11.5 Å². The van der Waals surface area contributed by atoms with Crippen LogP contribution in [0.2, 0.25) is 0 Å². The van der Waals surface area contributed by atoms with Crippen molar-refractivity contribution in [1.82, 2.24) is 0 Å². The molecule has 3 nitrogen and oxygen atoms in total. The van der Waals surface area contributed by atoms with Crippen molar-refractivity contribution < 1.29 is 9.47 Å². The minimum atomic E-state index is 0.536. The van der Waals surface area contributed by atoms with Gasteiger partial charge in [0, 0.05) is 5.69 Å². The lowest BCUT2D eigenvalue weighted by Gasteiger charge is -2.10. The second-order valence-electron chi connectivity index (χ2n) is 4.16. The number of rotatable bonds is 4. The lowest BCUT2D eigenvalue weighted by atomic mass is 10.2. The SMILES string of the molecule is COc1ccc(COc2ccc(N)cc2C)cc1. The topological polar surface area (TPSA) is 44.5 Å². The summed E-state index contributed by atoms with van der Waals surface area (Å²) in [6.07, 6.45) is 0. The first-order valence-corrected chi connectivity index (χ1v) is 5.81. The summed E-state index contributed by atoms with van der Waals surface area (Å²) in [6, 6.07) is 13.5. The lowest BCUT2D eigenvalue weighted by Crippen LogP contribution is -1.97. The molecule has 94 valence electrons. The first-order chi connectivity index (χ1) is 8.69. The fourth-order valence-corrected chi connectivity index (χ4v) is 1.72. The van der Waals surface area contributed by atoms with Crippen LogP contribution in [0.25, 0.3) is 0 Å². The van der Waals surface area contributed by atoms with Gasteiger partial charge in [0.2, 0.25) is 0 Å². The van der Waals surface area contributed by atoms with Crippen LogP contribution in [0.3, 0.4) is 0 Å². The zero-order valence-electron chi connectivity index (χ0n) is 10.6. The quantitative estimate of drug-likeness (QED) is 0.839. The van der Waals surface area contributed by atoms with Crippen LogP contribution in [0.1, 0.15) is 11.1 Å². The summed E-state index contributed by atoms with van der Waals surface area (Å²) in [7, 11) is 1.66. The molecule has 2 aromatic rings. The number of anilines is 1. The van der Waals surface area contributed by atoms with E-state index in [0.717, 1.165) is 28.3 Å². The van der Waals surface area contributed by atoms with Crippen LogP contribution >= 0.6 is 0 Å². The zero-order valence-corrected chi connectivity index (χ0v) is 10.6. The average molecular weight is 243 g/mol. The smallest absolute Gasteiger partial charge is 0.122 e. The van der Waals surface area contributed by atoms with Crippen molar-refractivity contribution in [3.63, 3.8) is 0 Å². The normalized spacial score (nSPS) is 10.1. The Hall–Kier alpha value is -2.16. The maximum absolute atomic E-state index is 5.75. The maximum atomic E-state index is 5.75. The molecule has 0 aliphatic rings. The average Bonchev–Trinajstić information content (AvgIpc) is 2.38. The number of hydrogen-bond acceptors (Lipinski definition) is 3. The fraction of sp³-hybridized carbons (Fsp3) is 0.200. The molecular formula is C15H17NO2. The first-order valence-electron chi connectivity index (χ1n) is 5.81. The van der Waals surface area contributed by atoms with Gasteiger partial charge >= 0.3 is 0 Å². The largest absolute Gasteiger partial charge is 0.497 e. The van der Waals surface area contributed by atoms with Crippen molar-refractivity contribution >= 4 is 5.69 Å². The predicted octanol–water partition coefficient (Wildman–Crippen LogP) is 3.16. The van der Waals surface area contributed by atoms with E-state index in [1.807, 2.05) is 49.4 Å². The molecule has 0 fully saturated rings. The van der Waals surface area contributed by atoms with Crippen LogP contribution in [0, 0.1) is 6.92 Å². The van der Waals surface area contributed by atoms with Gasteiger partial charge in [-0.1, -0.05) is 12.1 Å². The van der Waals surface area contributed by atoms with Crippen LogP contribution in [0.4, 0.5) is 5.69 Å². The summed E-state index contributed by atoms with van der Waals surface area (Å²) in [4.78, 5) is 0. The van der Waals surface area contributed by atoms with Crippen LogP contribution in [0.5, 0.6) is 11.5 Å². The van der Waals surface area contributed by atoms with Crippen LogP contribution < -0.4 is 15.2 Å².